The molecule has 0 aliphatic rings. The Labute approximate surface area is 148 Å². The topological polar surface area (TPSA) is 74.7 Å². The molecule has 5 nitrogen and oxygen atoms in total. The van der Waals surface area contributed by atoms with E-state index >= 15 is 0 Å². The highest BCUT2D eigenvalue weighted by Gasteiger charge is 2.07. The number of rotatable bonds is 6. The summed E-state index contributed by atoms with van der Waals surface area (Å²) < 4.78 is 5.71. The summed E-state index contributed by atoms with van der Waals surface area (Å²) in [4.78, 5) is 0. The van der Waals surface area contributed by atoms with Crippen LogP contribution in [0.3, 0.4) is 0 Å². The highest BCUT2D eigenvalue weighted by molar-refractivity contribution is 6.42. The summed E-state index contributed by atoms with van der Waals surface area (Å²) in [6.45, 7) is 0.292. The average molecular weight is 372 g/mol. The van der Waals surface area contributed by atoms with E-state index in [-0.39, 0.29) is 0 Å². The van der Waals surface area contributed by atoms with Crippen LogP contribution >= 0.6 is 34.8 Å². The largest absolute Gasteiger partial charge is 0.487 e. The molecule has 0 saturated heterocycles. The van der Waals surface area contributed by atoms with Gasteiger partial charge < -0.3 is 4.74 Å². The van der Waals surface area contributed by atoms with E-state index in [1.165, 1.54) is 6.21 Å². The minimum atomic E-state index is 0.292. The number of benzene rings is 2. The summed E-state index contributed by atoms with van der Waals surface area (Å²) in [7, 11) is 0. The van der Waals surface area contributed by atoms with Gasteiger partial charge in [-0.3, -0.25) is 5.41 Å². The lowest BCUT2D eigenvalue weighted by Gasteiger charge is -2.10. The number of hydrazone groups is 1. The van der Waals surface area contributed by atoms with Gasteiger partial charge in [-0.1, -0.05) is 53.0 Å². The van der Waals surface area contributed by atoms with Gasteiger partial charge in [0.05, 0.1) is 21.3 Å². The zero-order chi connectivity index (χ0) is 16.8. The van der Waals surface area contributed by atoms with Gasteiger partial charge in [0.25, 0.3) is 0 Å². The van der Waals surface area contributed by atoms with Crippen molar-refractivity contribution < 1.29 is 4.74 Å². The summed E-state index contributed by atoms with van der Waals surface area (Å²) in [5.41, 5.74) is 1.49. The standard InChI is InChI=1S/C15H13Cl3N4O/c16-12-5-4-10(6-13(12)17)8-23-14-3-1-2-11(15(14)18)7-21-22(20)9-19/h1-7,9,19H,8,20H2/b19-9?,21-7+. The van der Waals surface area contributed by atoms with Crippen LogP contribution in [-0.2, 0) is 6.61 Å². The number of nitrogens with zero attached hydrogens (tertiary/aromatic N) is 2. The molecule has 0 amide bonds. The third kappa shape index (κ3) is 4.84. The van der Waals surface area contributed by atoms with Crippen molar-refractivity contribution in [3.8, 4) is 5.75 Å². The van der Waals surface area contributed by atoms with Gasteiger partial charge in [-0.05, 0) is 23.8 Å². The van der Waals surface area contributed by atoms with Gasteiger partial charge in [0, 0.05) is 5.56 Å². The molecule has 2 aromatic rings. The highest BCUT2D eigenvalue weighted by atomic mass is 35.5. The van der Waals surface area contributed by atoms with Gasteiger partial charge in [-0.15, -0.1) is 0 Å². The van der Waals surface area contributed by atoms with Crippen molar-refractivity contribution in [1.82, 2.24) is 5.12 Å². The summed E-state index contributed by atoms with van der Waals surface area (Å²) >= 11 is 18.1. The first kappa shape index (κ1) is 17.6. The van der Waals surface area contributed by atoms with Crippen molar-refractivity contribution >= 4 is 47.4 Å². The molecule has 2 rings (SSSR count). The summed E-state index contributed by atoms with van der Waals surface area (Å²) in [6, 6.07) is 10.6. The number of nitrogens with one attached hydrogen (secondary N) is 1. The van der Waals surface area contributed by atoms with E-state index in [9.17, 15) is 0 Å². The Morgan fingerprint density at radius 2 is 1.96 bits per heavy atom. The van der Waals surface area contributed by atoms with E-state index in [2.05, 4.69) is 5.10 Å². The third-order valence-corrected chi connectivity index (χ3v) is 3.98. The fraction of sp³-hybridized carbons (Fsp3) is 0.0667. The lowest BCUT2D eigenvalue weighted by atomic mass is 10.2. The minimum Gasteiger partial charge on any atom is -0.487 e. The van der Waals surface area contributed by atoms with Crippen LogP contribution in [0, 0.1) is 5.41 Å². The molecule has 0 atom stereocenters. The van der Waals surface area contributed by atoms with Crippen LogP contribution in [0.5, 0.6) is 5.75 Å². The molecular weight excluding hydrogens is 359 g/mol. The summed E-state index contributed by atoms with van der Waals surface area (Å²) in [5.74, 6) is 5.86. The van der Waals surface area contributed by atoms with Gasteiger partial charge in [0.1, 0.15) is 18.7 Å². The first-order chi connectivity index (χ1) is 11.0. The average Bonchev–Trinajstić information content (AvgIpc) is 2.55. The lowest BCUT2D eigenvalue weighted by molar-refractivity contribution is 0.306. The molecule has 0 aliphatic carbocycles. The first-order valence-electron chi connectivity index (χ1n) is 6.45. The number of nitrogens with two attached hydrogens (primary N) is 1. The molecule has 0 heterocycles. The normalized spacial score (nSPS) is 10.8. The minimum absolute atomic E-state index is 0.292. The van der Waals surface area contributed by atoms with Gasteiger partial charge in [-0.25, -0.2) is 5.84 Å². The maximum atomic E-state index is 6.95. The second-order valence-electron chi connectivity index (χ2n) is 4.45. The second-order valence-corrected chi connectivity index (χ2v) is 5.64. The Morgan fingerprint density at radius 3 is 2.65 bits per heavy atom. The molecule has 0 aromatic heterocycles. The number of ether oxygens (including phenoxy) is 1. The van der Waals surface area contributed by atoms with Gasteiger partial charge in [0.2, 0.25) is 0 Å². The SMILES string of the molecule is N=CN(N)/N=C/c1cccc(OCc2ccc(Cl)c(Cl)c2)c1Cl. The maximum Gasteiger partial charge on any atom is 0.139 e. The fourth-order valence-electron chi connectivity index (χ4n) is 1.69. The van der Waals surface area contributed by atoms with E-state index in [0.717, 1.165) is 17.0 Å². The molecule has 0 fully saturated rings. The van der Waals surface area contributed by atoms with E-state index < -0.39 is 0 Å². The molecule has 8 heteroatoms. The van der Waals surface area contributed by atoms with Gasteiger partial charge in [0.15, 0.2) is 0 Å². The van der Waals surface area contributed by atoms with Crippen molar-refractivity contribution in [1.29, 1.82) is 5.41 Å². The molecule has 0 spiro atoms. The molecule has 0 saturated carbocycles. The fourth-order valence-corrected chi connectivity index (χ4v) is 2.24. The molecule has 120 valence electrons. The monoisotopic (exact) mass is 370 g/mol. The Morgan fingerprint density at radius 1 is 1.17 bits per heavy atom. The van der Waals surface area contributed by atoms with Crippen LogP contribution in [-0.4, -0.2) is 17.7 Å². The third-order valence-electron chi connectivity index (χ3n) is 2.83. The molecule has 3 N–H and O–H groups in total. The van der Waals surface area contributed by atoms with Crippen molar-refractivity contribution in [2.24, 2.45) is 10.9 Å². The Balaban J connectivity index is 2.12. The Bertz CT molecular complexity index is 737. The Kier molecular flexibility index (Phi) is 6.24. The number of hydrogen-bond acceptors (Lipinski definition) is 4. The van der Waals surface area contributed by atoms with Gasteiger partial charge >= 0.3 is 0 Å². The van der Waals surface area contributed by atoms with Crippen molar-refractivity contribution in [3.05, 3.63) is 62.6 Å². The van der Waals surface area contributed by atoms with Gasteiger partial charge in [-0.2, -0.15) is 10.2 Å². The summed E-state index contributed by atoms with van der Waals surface area (Å²) in [6.07, 6.45) is 2.31. The predicted octanol–water partition coefficient (Wildman–Crippen LogP) is 4.34. The van der Waals surface area contributed by atoms with E-state index in [1.807, 2.05) is 6.07 Å². The zero-order valence-corrected chi connectivity index (χ0v) is 14.1. The molecular formula is C15H13Cl3N4O. The van der Waals surface area contributed by atoms with Crippen LogP contribution in [0.15, 0.2) is 41.5 Å². The highest BCUT2D eigenvalue weighted by Crippen LogP contribution is 2.29. The van der Waals surface area contributed by atoms with Crippen molar-refractivity contribution in [2.45, 2.75) is 6.61 Å². The Hall–Kier alpha value is -1.79. The quantitative estimate of drug-likeness (QED) is 0.343. The smallest absolute Gasteiger partial charge is 0.139 e. The first-order valence-corrected chi connectivity index (χ1v) is 7.58. The second kappa shape index (κ2) is 8.17. The molecule has 2 aromatic carbocycles. The van der Waals surface area contributed by atoms with Crippen molar-refractivity contribution in [2.75, 3.05) is 0 Å². The van der Waals surface area contributed by atoms with Crippen LogP contribution in [0.2, 0.25) is 15.1 Å². The van der Waals surface area contributed by atoms with Crippen molar-refractivity contribution in [3.63, 3.8) is 0 Å². The van der Waals surface area contributed by atoms with E-state index in [1.54, 1.807) is 30.3 Å². The molecule has 0 radical (unpaired) electrons. The molecule has 23 heavy (non-hydrogen) atoms. The lowest BCUT2D eigenvalue weighted by Crippen LogP contribution is -2.22. The number of halogens is 3. The van der Waals surface area contributed by atoms with E-state index in [0.29, 0.717) is 33.0 Å². The molecule has 0 aliphatic heterocycles. The molecule has 0 unspecified atom stereocenters. The zero-order valence-electron chi connectivity index (χ0n) is 11.8. The van der Waals surface area contributed by atoms with Crippen LogP contribution in [0.25, 0.3) is 0 Å². The van der Waals surface area contributed by atoms with Crippen LogP contribution in [0.1, 0.15) is 11.1 Å². The van der Waals surface area contributed by atoms with Crippen LogP contribution < -0.4 is 10.6 Å². The summed E-state index contributed by atoms with van der Waals surface area (Å²) in [5, 5.41) is 13.0. The number of hydrogen-bond donors (Lipinski definition) is 2. The van der Waals surface area contributed by atoms with Crippen LogP contribution in [0.4, 0.5) is 0 Å². The predicted molar refractivity (Wildman–Crippen MR) is 94.7 cm³/mol. The van der Waals surface area contributed by atoms with E-state index in [4.69, 9.17) is 50.8 Å². The number of hydrazine groups is 1. The molecule has 0 bridgehead atoms. The maximum absolute atomic E-state index is 6.95.